The minimum Gasteiger partial charge on any atom is -0.366 e. The second-order valence-electron chi connectivity index (χ2n) is 7.13. The van der Waals surface area contributed by atoms with Gasteiger partial charge in [-0.05, 0) is 67.2 Å². The van der Waals surface area contributed by atoms with Crippen molar-refractivity contribution in [3.05, 3.63) is 77.0 Å². The number of halogens is 1. The summed E-state index contributed by atoms with van der Waals surface area (Å²) in [5, 5.41) is 1.35. The number of aromatic nitrogens is 1. The number of hydrogen-bond donors (Lipinski definition) is 1. The minimum atomic E-state index is -3.74. The summed E-state index contributed by atoms with van der Waals surface area (Å²) in [6.45, 7) is 1.91. The minimum absolute atomic E-state index is 0.131. The number of amides is 1. The van der Waals surface area contributed by atoms with E-state index in [-0.39, 0.29) is 16.7 Å². The van der Waals surface area contributed by atoms with Gasteiger partial charge in [-0.1, -0.05) is 35.4 Å². The predicted molar refractivity (Wildman–Crippen MR) is 110 cm³/mol. The number of hydrogen-bond acceptors (Lipinski definition) is 3. The van der Waals surface area contributed by atoms with Gasteiger partial charge in [0.15, 0.2) is 0 Å². The fourth-order valence-electron chi connectivity index (χ4n) is 3.52. The van der Waals surface area contributed by atoms with E-state index in [9.17, 15) is 13.2 Å². The monoisotopic (exact) mass is 414 g/mol. The van der Waals surface area contributed by atoms with Crippen molar-refractivity contribution in [3.63, 3.8) is 0 Å². The van der Waals surface area contributed by atoms with E-state index in [2.05, 4.69) is 0 Å². The average Bonchev–Trinajstić information content (AvgIpc) is 3.31. The Kier molecular flexibility index (Phi) is 4.56. The molecule has 1 amide bonds. The standard InChI is InChI=1S/C21H19ClN2O3S/c1-13-2-6-16(7-3-13)28(26,27)24-12-19(17-10-14(17)4-9-21(23)25)18-11-15(22)5-8-20(18)24/h2-9,11-12,14,17H,10H2,1H3,(H2,23,25)/b9-4+/t14-,17+/m1/s1. The van der Waals surface area contributed by atoms with Crippen LogP contribution in [-0.2, 0) is 14.8 Å². The van der Waals surface area contributed by atoms with Gasteiger partial charge in [-0.2, -0.15) is 0 Å². The lowest BCUT2D eigenvalue weighted by molar-refractivity contribution is -0.113. The summed E-state index contributed by atoms with van der Waals surface area (Å²) in [5.74, 6) is -0.197. The zero-order valence-electron chi connectivity index (χ0n) is 15.2. The molecule has 0 spiro atoms. The third-order valence-electron chi connectivity index (χ3n) is 5.09. The van der Waals surface area contributed by atoms with Crippen molar-refractivity contribution >= 4 is 38.4 Å². The van der Waals surface area contributed by atoms with Gasteiger partial charge >= 0.3 is 0 Å². The first-order chi connectivity index (χ1) is 13.3. The maximum Gasteiger partial charge on any atom is 0.268 e. The Morgan fingerprint density at radius 3 is 2.61 bits per heavy atom. The van der Waals surface area contributed by atoms with Gasteiger partial charge in [0.25, 0.3) is 10.0 Å². The summed E-state index contributed by atoms with van der Waals surface area (Å²) >= 11 is 6.18. The first-order valence-corrected chi connectivity index (χ1v) is 10.7. The van der Waals surface area contributed by atoms with Crippen LogP contribution in [0.25, 0.3) is 10.9 Å². The van der Waals surface area contributed by atoms with E-state index in [1.165, 1.54) is 10.0 Å². The van der Waals surface area contributed by atoms with E-state index in [4.69, 9.17) is 17.3 Å². The molecule has 1 fully saturated rings. The molecule has 2 aromatic carbocycles. The van der Waals surface area contributed by atoms with Crippen LogP contribution in [0.3, 0.4) is 0 Å². The quantitative estimate of drug-likeness (QED) is 0.641. The zero-order valence-corrected chi connectivity index (χ0v) is 16.7. The fraction of sp³-hybridized carbons (Fsp3) is 0.190. The van der Waals surface area contributed by atoms with Gasteiger partial charge in [-0.15, -0.1) is 0 Å². The maximum absolute atomic E-state index is 13.3. The summed E-state index contributed by atoms with van der Waals surface area (Å²) in [6.07, 6.45) is 5.66. The van der Waals surface area contributed by atoms with Crippen LogP contribution in [-0.4, -0.2) is 18.3 Å². The average molecular weight is 415 g/mol. The first kappa shape index (κ1) is 18.8. The Labute approximate surface area is 168 Å². The van der Waals surface area contributed by atoms with Gasteiger partial charge in [0, 0.05) is 16.6 Å². The SMILES string of the molecule is Cc1ccc(S(=O)(=O)n2cc([C@H]3C[C@H]3/C=C/C(N)=O)c3cc(Cl)ccc32)cc1. The summed E-state index contributed by atoms with van der Waals surface area (Å²) in [4.78, 5) is 11.2. The summed E-state index contributed by atoms with van der Waals surface area (Å²) < 4.78 is 27.8. The molecule has 0 unspecified atom stereocenters. The highest BCUT2D eigenvalue weighted by Crippen LogP contribution is 2.51. The maximum atomic E-state index is 13.3. The van der Waals surface area contributed by atoms with E-state index in [1.54, 1.807) is 54.7 Å². The van der Waals surface area contributed by atoms with Crippen molar-refractivity contribution in [2.75, 3.05) is 0 Å². The Hall–Kier alpha value is -2.57. The third-order valence-corrected chi connectivity index (χ3v) is 7.01. The van der Waals surface area contributed by atoms with Gasteiger partial charge < -0.3 is 5.73 Å². The van der Waals surface area contributed by atoms with Crippen molar-refractivity contribution < 1.29 is 13.2 Å². The van der Waals surface area contributed by atoms with Gasteiger partial charge in [-0.25, -0.2) is 12.4 Å². The molecule has 28 heavy (non-hydrogen) atoms. The molecule has 0 saturated heterocycles. The van der Waals surface area contributed by atoms with E-state index in [1.807, 2.05) is 6.92 Å². The molecule has 2 N–H and O–H groups in total. The predicted octanol–water partition coefficient (Wildman–Crippen LogP) is 3.99. The number of carbonyl (C=O) groups excluding carboxylic acids is 1. The molecule has 1 aliphatic carbocycles. The number of benzene rings is 2. The highest BCUT2D eigenvalue weighted by atomic mass is 35.5. The van der Waals surface area contributed by atoms with Crippen LogP contribution in [0.5, 0.6) is 0 Å². The Morgan fingerprint density at radius 2 is 1.93 bits per heavy atom. The molecule has 1 aromatic heterocycles. The van der Waals surface area contributed by atoms with Gasteiger partial charge in [-0.3, -0.25) is 4.79 Å². The fourth-order valence-corrected chi connectivity index (χ4v) is 5.07. The van der Waals surface area contributed by atoms with Crippen LogP contribution < -0.4 is 5.73 Å². The number of nitrogens with zero attached hydrogens (tertiary/aromatic N) is 1. The van der Waals surface area contributed by atoms with Crippen LogP contribution in [0.4, 0.5) is 0 Å². The second-order valence-corrected chi connectivity index (χ2v) is 9.38. The van der Waals surface area contributed by atoms with Crippen LogP contribution in [0.2, 0.25) is 5.02 Å². The molecule has 0 aliphatic heterocycles. The number of rotatable bonds is 5. The van der Waals surface area contributed by atoms with Gasteiger partial charge in [0.1, 0.15) is 0 Å². The van der Waals surface area contributed by atoms with Gasteiger partial charge in [0.05, 0.1) is 10.4 Å². The molecule has 3 aromatic rings. The van der Waals surface area contributed by atoms with Gasteiger partial charge in [0.2, 0.25) is 5.91 Å². The van der Waals surface area contributed by atoms with Crippen molar-refractivity contribution in [2.45, 2.75) is 24.2 Å². The number of carbonyl (C=O) groups is 1. The Morgan fingerprint density at radius 1 is 1.21 bits per heavy atom. The molecule has 0 bridgehead atoms. The second kappa shape index (κ2) is 6.79. The topological polar surface area (TPSA) is 82.2 Å². The highest BCUT2D eigenvalue weighted by molar-refractivity contribution is 7.90. The zero-order chi connectivity index (χ0) is 20.1. The molecule has 4 rings (SSSR count). The third kappa shape index (κ3) is 3.34. The lowest BCUT2D eigenvalue weighted by Crippen LogP contribution is -2.11. The number of primary amides is 1. The molecule has 1 aliphatic rings. The van der Waals surface area contributed by atoms with E-state index < -0.39 is 15.9 Å². The summed E-state index contributed by atoms with van der Waals surface area (Å²) in [5.41, 5.74) is 7.66. The number of allylic oxidation sites excluding steroid dienone is 1. The summed E-state index contributed by atoms with van der Waals surface area (Å²) in [6, 6.07) is 12.0. The Balaban J connectivity index is 1.83. The molecule has 1 saturated carbocycles. The van der Waals surface area contributed by atoms with Crippen LogP contribution in [0, 0.1) is 12.8 Å². The van der Waals surface area contributed by atoms with Crippen molar-refractivity contribution in [3.8, 4) is 0 Å². The number of aryl methyl sites for hydroxylation is 1. The lowest BCUT2D eigenvalue weighted by atomic mass is 10.1. The highest BCUT2D eigenvalue weighted by Gasteiger charge is 2.39. The molecule has 144 valence electrons. The molecule has 0 radical (unpaired) electrons. The largest absolute Gasteiger partial charge is 0.366 e. The summed E-state index contributed by atoms with van der Waals surface area (Å²) in [7, 11) is -3.74. The molecule has 1 heterocycles. The van der Waals surface area contributed by atoms with E-state index in [0.717, 1.165) is 22.9 Å². The van der Waals surface area contributed by atoms with Crippen molar-refractivity contribution in [1.82, 2.24) is 3.97 Å². The van der Waals surface area contributed by atoms with Crippen LogP contribution in [0.15, 0.2) is 65.7 Å². The molecule has 5 nitrogen and oxygen atoms in total. The van der Waals surface area contributed by atoms with Crippen LogP contribution in [0.1, 0.15) is 23.5 Å². The van der Waals surface area contributed by atoms with E-state index in [0.29, 0.717) is 10.5 Å². The van der Waals surface area contributed by atoms with E-state index >= 15 is 0 Å². The van der Waals surface area contributed by atoms with Crippen molar-refractivity contribution in [1.29, 1.82) is 0 Å². The molecule has 7 heteroatoms. The Bertz CT molecular complexity index is 1210. The lowest BCUT2D eigenvalue weighted by Gasteiger charge is -2.08. The van der Waals surface area contributed by atoms with Crippen molar-refractivity contribution in [2.24, 2.45) is 11.7 Å². The van der Waals surface area contributed by atoms with Crippen LogP contribution >= 0.6 is 11.6 Å². The molecule has 2 atom stereocenters. The number of nitrogens with two attached hydrogens (primary N) is 1. The molecular weight excluding hydrogens is 396 g/mol. The molecular formula is C21H19ClN2O3S. The normalized spacial score (nSPS) is 19.4. The first-order valence-electron chi connectivity index (χ1n) is 8.88. The number of fused-ring (bicyclic) bond motifs is 1. The smallest absolute Gasteiger partial charge is 0.268 e.